The Bertz CT molecular complexity index is 1480. The first-order chi connectivity index (χ1) is 17.3. The van der Waals surface area contributed by atoms with E-state index in [9.17, 15) is 18.4 Å². The Balaban J connectivity index is 1.60. The predicted molar refractivity (Wildman–Crippen MR) is 140 cm³/mol. The number of aryl methyl sites for hydroxylation is 2. The quantitative estimate of drug-likeness (QED) is 0.143. The summed E-state index contributed by atoms with van der Waals surface area (Å²) in [5.74, 6) is -0.132. The molecule has 10 heteroatoms. The van der Waals surface area contributed by atoms with Crippen LogP contribution in [0.5, 0.6) is 5.75 Å². The number of aromatic nitrogens is 2. The third-order valence-electron chi connectivity index (χ3n) is 6.06. The van der Waals surface area contributed by atoms with Gasteiger partial charge >= 0.3 is 6.61 Å². The van der Waals surface area contributed by atoms with Gasteiger partial charge < -0.3 is 4.74 Å². The van der Waals surface area contributed by atoms with Crippen molar-refractivity contribution in [3.63, 3.8) is 0 Å². The van der Waals surface area contributed by atoms with Crippen LogP contribution in [0.3, 0.4) is 0 Å². The van der Waals surface area contributed by atoms with Crippen LogP contribution in [0.1, 0.15) is 40.6 Å². The van der Waals surface area contributed by atoms with Gasteiger partial charge in [-0.3, -0.25) is 14.2 Å². The number of carbonyl (C=O) groups excluding carboxylic acids is 1. The molecule has 0 spiro atoms. The van der Waals surface area contributed by atoms with E-state index in [1.807, 2.05) is 0 Å². The Morgan fingerprint density at radius 2 is 1.81 bits per heavy atom. The van der Waals surface area contributed by atoms with Gasteiger partial charge in [-0.15, -0.1) is 11.3 Å². The minimum absolute atomic E-state index is 0.00997. The molecule has 186 valence electrons. The van der Waals surface area contributed by atoms with E-state index in [4.69, 9.17) is 16.6 Å². The number of ketones is 1. The second kappa shape index (κ2) is 10.3. The maximum atomic E-state index is 13.9. The number of alkyl halides is 2. The van der Waals surface area contributed by atoms with Crippen molar-refractivity contribution < 1.29 is 18.3 Å². The number of nitrogens with zero attached hydrogens (tertiary/aromatic N) is 2. The second-order valence-corrected chi connectivity index (χ2v) is 11.3. The number of Topliss-reactive ketones (excluding diaryl/α,β-unsaturated/α-hetero) is 1. The minimum Gasteiger partial charge on any atom is -0.435 e. The monoisotopic (exact) mass is 546 g/mol. The van der Waals surface area contributed by atoms with Crippen LogP contribution < -0.4 is 10.3 Å². The first kappa shape index (κ1) is 24.9. The lowest BCUT2D eigenvalue weighted by Crippen LogP contribution is -2.24. The fraction of sp³-hybridized carbons (Fsp3) is 0.269. The molecule has 0 N–H and O–H groups in total. The zero-order valence-corrected chi connectivity index (χ0v) is 21.6. The molecular weight excluding hydrogens is 526 g/mol. The maximum Gasteiger partial charge on any atom is 0.387 e. The molecule has 2 aromatic heterocycles. The highest BCUT2D eigenvalue weighted by Gasteiger charge is 2.25. The van der Waals surface area contributed by atoms with E-state index < -0.39 is 11.9 Å². The van der Waals surface area contributed by atoms with E-state index in [-0.39, 0.29) is 17.1 Å². The van der Waals surface area contributed by atoms with Crippen LogP contribution in [0.4, 0.5) is 8.78 Å². The molecule has 0 radical (unpaired) electrons. The molecule has 2 aromatic carbocycles. The molecule has 36 heavy (non-hydrogen) atoms. The number of thiophene rings is 1. The van der Waals surface area contributed by atoms with Crippen molar-refractivity contribution in [1.82, 2.24) is 9.55 Å². The molecule has 1 atom stereocenters. The van der Waals surface area contributed by atoms with Crippen LogP contribution in [0.2, 0.25) is 5.02 Å². The first-order valence-electron chi connectivity index (χ1n) is 11.4. The standard InChI is InChI=1S/C26H21ClF2N2O3S2/c1-14(22(32)15-6-8-16(27)9-7-15)35-26-30-23-21(19-4-2-3-5-20(19)36-23)24(33)31(26)17-10-12-18(13-11-17)34-25(28)29/h6-14,25H,2-5H2,1H3. The summed E-state index contributed by atoms with van der Waals surface area (Å²) in [6.07, 6.45) is 3.84. The fourth-order valence-electron chi connectivity index (χ4n) is 4.33. The van der Waals surface area contributed by atoms with Gasteiger partial charge in [0.1, 0.15) is 10.6 Å². The van der Waals surface area contributed by atoms with Crippen molar-refractivity contribution in [3.05, 3.63) is 79.9 Å². The summed E-state index contributed by atoms with van der Waals surface area (Å²) in [6.45, 7) is -1.18. The molecule has 1 aliphatic rings. The fourth-order valence-corrected chi connectivity index (χ4v) is 6.76. The molecular formula is C26H21ClF2N2O3S2. The van der Waals surface area contributed by atoms with Gasteiger partial charge in [-0.2, -0.15) is 8.78 Å². The summed E-state index contributed by atoms with van der Waals surface area (Å²) in [7, 11) is 0. The first-order valence-corrected chi connectivity index (χ1v) is 13.5. The van der Waals surface area contributed by atoms with E-state index in [1.54, 1.807) is 43.3 Å². The molecule has 0 bridgehead atoms. The van der Waals surface area contributed by atoms with Crippen LogP contribution in [-0.2, 0) is 12.8 Å². The number of benzene rings is 2. The molecule has 0 saturated heterocycles. The number of halogens is 3. The molecule has 2 heterocycles. The van der Waals surface area contributed by atoms with Gasteiger partial charge in [0, 0.05) is 15.5 Å². The normalized spacial score (nSPS) is 14.1. The van der Waals surface area contributed by atoms with Crippen molar-refractivity contribution in [1.29, 1.82) is 0 Å². The van der Waals surface area contributed by atoms with Crippen molar-refractivity contribution >= 4 is 50.7 Å². The molecule has 0 aliphatic heterocycles. The topological polar surface area (TPSA) is 61.2 Å². The lowest BCUT2D eigenvalue weighted by molar-refractivity contribution is -0.0498. The molecule has 0 amide bonds. The Kier molecular flexibility index (Phi) is 7.14. The number of carbonyl (C=O) groups is 1. The summed E-state index contributed by atoms with van der Waals surface area (Å²) in [5, 5.41) is 0.957. The Morgan fingerprint density at radius 1 is 1.11 bits per heavy atom. The lowest BCUT2D eigenvalue weighted by atomic mass is 9.97. The average Bonchev–Trinajstić information content (AvgIpc) is 3.23. The Labute approximate surface area is 219 Å². The molecule has 1 unspecified atom stereocenters. The zero-order chi connectivity index (χ0) is 25.4. The van der Waals surface area contributed by atoms with Crippen LogP contribution in [0.15, 0.2) is 58.5 Å². The largest absolute Gasteiger partial charge is 0.435 e. The van der Waals surface area contributed by atoms with Crippen molar-refractivity contribution in [2.75, 3.05) is 0 Å². The van der Waals surface area contributed by atoms with Crippen molar-refractivity contribution in [2.24, 2.45) is 0 Å². The zero-order valence-electron chi connectivity index (χ0n) is 19.2. The van der Waals surface area contributed by atoms with Gasteiger partial charge in [-0.1, -0.05) is 23.4 Å². The number of hydrogen-bond acceptors (Lipinski definition) is 6. The summed E-state index contributed by atoms with van der Waals surface area (Å²) in [5.41, 5.74) is 1.79. The summed E-state index contributed by atoms with van der Waals surface area (Å²) < 4.78 is 31.2. The number of fused-ring (bicyclic) bond motifs is 3. The van der Waals surface area contributed by atoms with Crippen LogP contribution >= 0.6 is 34.7 Å². The van der Waals surface area contributed by atoms with Gasteiger partial charge in [-0.25, -0.2) is 4.98 Å². The number of hydrogen-bond donors (Lipinski definition) is 0. The maximum absolute atomic E-state index is 13.9. The van der Waals surface area contributed by atoms with Gasteiger partial charge in [0.15, 0.2) is 10.9 Å². The van der Waals surface area contributed by atoms with Gasteiger partial charge in [0.2, 0.25) is 0 Å². The second-order valence-electron chi connectivity index (χ2n) is 8.43. The molecule has 0 saturated carbocycles. The summed E-state index contributed by atoms with van der Waals surface area (Å²) in [4.78, 5) is 33.6. The Morgan fingerprint density at radius 3 is 2.50 bits per heavy atom. The number of rotatable bonds is 7. The molecule has 4 aromatic rings. The van der Waals surface area contributed by atoms with Crippen LogP contribution in [0.25, 0.3) is 15.9 Å². The van der Waals surface area contributed by atoms with Crippen molar-refractivity contribution in [2.45, 2.75) is 49.6 Å². The van der Waals surface area contributed by atoms with Crippen molar-refractivity contribution in [3.8, 4) is 11.4 Å². The highest BCUT2D eigenvalue weighted by Crippen LogP contribution is 2.36. The summed E-state index contributed by atoms with van der Waals surface area (Å²) in [6, 6.07) is 12.5. The SMILES string of the molecule is CC(Sc1nc2sc3c(c2c(=O)n1-c1ccc(OC(F)F)cc1)CCCC3)C(=O)c1ccc(Cl)cc1. The molecule has 0 fully saturated rings. The van der Waals surface area contributed by atoms with E-state index in [2.05, 4.69) is 4.74 Å². The minimum atomic E-state index is -2.94. The number of thioether (sulfide) groups is 1. The highest BCUT2D eigenvalue weighted by atomic mass is 35.5. The van der Waals surface area contributed by atoms with Crippen LogP contribution in [-0.4, -0.2) is 27.2 Å². The van der Waals surface area contributed by atoms with Gasteiger partial charge in [0.25, 0.3) is 5.56 Å². The number of ether oxygens (including phenoxy) is 1. The van der Waals surface area contributed by atoms with E-state index in [0.717, 1.165) is 31.2 Å². The molecule has 5 nitrogen and oxygen atoms in total. The molecule has 1 aliphatic carbocycles. The third kappa shape index (κ3) is 4.92. The Hall–Kier alpha value is -2.75. The van der Waals surface area contributed by atoms with E-state index in [1.165, 1.54) is 44.7 Å². The van der Waals surface area contributed by atoms with Crippen LogP contribution in [0, 0.1) is 0 Å². The smallest absolute Gasteiger partial charge is 0.387 e. The average molecular weight is 547 g/mol. The predicted octanol–water partition coefficient (Wildman–Crippen LogP) is 6.94. The molecule has 5 rings (SSSR count). The lowest BCUT2D eigenvalue weighted by Gasteiger charge is -2.16. The summed E-state index contributed by atoms with van der Waals surface area (Å²) >= 11 is 8.68. The third-order valence-corrected chi connectivity index (χ3v) is 8.55. The van der Waals surface area contributed by atoms with E-state index >= 15 is 0 Å². The highest BCUT2D eigenvalue weighted by molar-refractivity contribution is 8.00. The van der Waals surface area contributed by atoms with Gasteiger partial charge in [0.05, 0.1) is 16.3 Å². The van der Waals surface area contributed by atoms with E-state index in [0.29, 0.717) is 31.6 Å². The van der Waals surface area contributed by atoms with Gasteiger partial charge in [-0.05, 0) is 86.7 Å².